The van der Waals surface area contributed by atoms with Crippen molar-refractivity contribution in [1.29, 1.82) is 0 Å². The van der Waals surface area contributed by atoms with Gasteiger partial charge in [-0.2, -0.15) is 11.8 Å². The van der Waals surface area contributed by atoms with E-state index in [0.29, 0.717) is 0 Å². The van der Waals surface area contributed by atoms with Crippen LogP contribution in [-0.2, 0) is 0 Å². The lowest BCUT2D eigenvalue weighted by molar-refractivity contribution is 0.682. The summed E-state index contributed by atoms with van der Waals surface area (Å²) in [6.07, 6.45) is 16.5. The summed E-state index contributed by atoms with van der Waals surface area (Å²) in [5.74, 6) is 3.94. The van der Waals surface area contributed by atoms with Gasteiger partial charge < -0.3 is 10.3 Å². The molecule has 0 spiro atoms. The van der Waals surface area contributed by atoms with Crippen LogP contribution in [0.15, 0.2) is 76.5 Å². The Morgan fingerprint density at radius 2 is 1.82 bits per heavy atom. The Kier molecular flexibility index (Phi) is 10.1. The molecule has 0 amide bonds. The SMILES string of the molecule is CC(C)=CCCC(C)=CCCC(C)=CCSCC(NC1=NC=CC1)c1nc2ccccc2[nH]1. The summed E-state index contributed by atoms with van der Waals surface area (Å²) in [6.45, 7) is 8.84. The molecule has 176 valence electrons. The van der Waals surface area contributed by atoms with Crippen molar-refractivity contribution in [3.8, 4) is 0 Å². The molecule has 2 heterocycles. The van der Waals surface area contributed by atoms with Gasteiger partial charge in [-0.3, -0.25) is 0 Å². The molecule has 1 atom stereocenters. The van der Waals surface area contributed by atoms with Gasteiger partial charge in [0, 0.05) is 24.1 Å². The molecule has 3 rings (SSSR count). The maximum absolute atomic E-state index is 4.82. The van der Waals surface area contributed by atoms with Crippen LogP contribution in [0.5, 0.6) is 0 Å². The number of rotatable bonds is 12. The molecule has 2 aromatic rings. The number of H-pyrrole nitrogens is 1. The summed E-state index contributed by atoms with van der Waals surface area (Å²) >= 11 is 1.94. The number of thioether (sulfide) groups is 1. The Bertz CT molecular complexity index is 1020. The van der Waals surface area contributed by atoms with E-state index < -0.39 is 0 Å². The normalized spacial score (nSPS) is 15.1. The molecule has 1 aliphatic heterocycles. The van der Waals surface area contributed by atoms with Crippen molar-refractivity contribution in [2.75, 3.05) is 11.5 Å². The fraction of sp³-hybridized carbons (Fsp3) is 0.429. The van der Waals surface area contributed by atoms with E-state index in [4.69, 9.17) is 4.98 Å². The molecule has 0 bridgehead atoms. The molecule has 2 N–H and O–H groups in total. The van der Waals surface area contributed by atoms with Gasteiger partial charge in [-0.1, -0.05) is 53.2 Å². The Labute approximate surface area is 203 Å². The van der Waals surface area contributed by atoms with Crippen molar-refractivity contribution in [3.05, 3.63) is 77.3 Å². The highest BCUT2D eigenvalue weighted by Crippen LogP contribution is 2.21. The van der Waals surface area contributed by atoms with Gasteiger partial charge in [0.2, 0.25) is 0 Å². The van der Waals surface area contributed by atoms with E-state index in [0.717, 1.165) is 59.9 Å². The molecule has 0 saturated heterocycles. The van der Waals surface area contributed by atoms with E-state index in [1.165, 1.54) is 23.1 Å². The van der Waals surface area contributed by atoms with Gasteiger partial charge in [-0.05, 0) is 65.5 Å². The summed E-state index contributed by atoms with van der Waals surface area (Å²) in [4.78, 5) is 12.8. The van der Waals surface area contributed by atoms with Crippen LogP contribution in [0.1, 0.15) is 71.7 Å². The number of aliphatic imine (C=N–C) groups is 1. The summed E-state index contributed by atoms with van der Waals surface area (Å²) in [6, 6.07) is 8.32. The minimum absolute atomic E-state index is 0.112. The van der Waals surface area contributed by atoms with Crippen LogP contribution in [0.4, 0.5) is 0 Å². The molecule has 1 aromatic carbocycles. The van der Waals surface area contributed by atoms with Gasteiger partial charge in [0.15, 0.2) is 0 Å². The first-order valence-electron chi connectivity index (χ1n) is 12.0. The largest absolute Gasteiger partial charge is 0.363 e. The fourth-order valence-corrected chi connectivity index (χ4v) is 4.72. The summed E-state index contributed by atoms with van der Waals surface area (Å²) in [5.41, 5.74) is 6.46. The van der Waals surface area contributed by atoms with Crippen molar-refractivity contribution in [2.24, 2.45) is 4.99 Å². The van der Waals surface area contributed by atoms with Crippen molar-refractivity contribution in [1.82, 2.24) is 15.3 Å². The standard InChI is InChI=1S/C28H38N4S/c1-21(2)10-7-11-22(3)12-8-13-23(4)17-19-33-20-26(30-27-16-9-18-29-27)28-31-24-14-5-6-15-25(24)32-28/h5-6,9-10,12,14-15,17-18,26H,7-8,11,13,16,19-20H2,1-4H3,(H,29,30)(H,31,32). The smallest absolute Gasteiger partial charge is 0.130 e. The lowest BCUT2D eigenvalue weighted by Gasteiger charge is -2.17. The quantitative estimate of drug-likeness (QED) is 0.251. The number of benzene rings is 1. The second-order valence-electron chi connectivity index (χ2n) is 9.00. The number of nitrogens with zero attached hydrogens (tertiary/aromatic N) is 2. The summed E-state index contributed by atoms with van der Waals surface area (Å²) in [5, 5.41) is 3.59. The Balaban J connectivity index is 1.48. The Morgan fingerprint density at radius 1 is 1.06 bits per heavy atom. The molecule has 0 fully saturated rings. The molecule has 1 aromatic heterocycles. The second kappa shape index (κ2) is 13.2. The van der Waals surface area contributed by atoms with Gasteiger partial charge in [0.05, 0.1) is 17.1 Å². The van der Waals surface area contributed by atoms with Gasteiger partial charge in [-0.15, -0.1) is 0 Å². The number of hydrogen-bond donors (Lipinski definition) is 2. The van der Waals surface area contributed by atoms with E-state index >= 15 is 0 Å². The molecule has 1 aliphatic rings. The van der Waals surface area contributed by atoms with Gasteiger partial charge >= 0.3 is 0 Å². The number of aromatic amines is 1. The van der Waals surface area contributed by atoms with E-state index in [1.807, 2.05) is 30.1 Å². The number of allylic oxidation sites excluding steroid dienone is 5. The highest BCUT2D eigenvalue weighted by molar-refractivity contribution is 7.99. The van der Waals surface area contributed by atoms with Crippen molar-refractivity contribution in [2.45, 2.75) is 65.8 Å². The van der Waals surface area contributed by atoms with Crippen molar-refractivity contribution >= 4 is 28.6 Å². The molecule has 5 heteroatoms. The number of imidazole rings is 1. The van der Waals surface area contributed by atoms with E-state index in [2.05, 4.69) is 79.4 Å². The van der Waals surface area contributed by atoms with E-state index in [9.17, 15) is 0 Å². The van der Waals surface area contributed by atoms with Crippen molar-refractivity contribution in [3.63, 3.8) is 0 Å². The third-order valence-corrected chi connectivity index (χ3v) is 6.65. The first-order chi connectivity index (χ1) is 16.0. The highest BCUT2D eigenvalue weighted by Gasteiger charge is 2.18. The van der Waals surface area contributed by atoms with E-state index in [1.54, 1.807) is 0 Å². The molecule has 0 radical (unpaired) electrons. The minimum Gasteiger partial charge on any atom is -0.363 e. The molecule has 4 nitrogen and oxygen atoms in total. The predicted octanol–water partition coefficient (Wildman–Crippen LogP) is 7.66. The number of para-hydroxylation sites is 2. The molecule has 1 unspecified atom stereocenters. The first kappa shape index (κ1) is 25.1. The number of nitrogens with one attached hydrogen (secondary N) is 2. The van der Waals surface area contributed by atoms with Crippen LogP contribution in [0.3, 0.4) is 0 Å². The third-order valence-electron chi connectivity index (χ3n) is 5.68. The molecular formula is C28H38N4S. The van der Waals surface area contributed by atoms with Gasteiger partial charge in [0.25, 0.3) is 0 Å². The number of aromatic nitrogens is 2. The lowest BCUT2D eigenvalue weighted by Crippen LogP contribution is -2.29. The Morgan fingerprint density at radius 3 is 2.55 bits per heavy atom. The predicted molar refractivity (Wildman–Crippen MR) is 146 cm³/mol. The molecular weight excluding hydrogens is 424 g/mol. The number of hydrogen-bond acceptors (Lipinski definition) is 4. The van der Waals surface area contributed by atoms with Crippen LogP contribution in [0.2, 0.25) is 0 Å². The zero-order chi connectivity index (χ0) is 23.5. The van der Waals surface area contributed by atoms with Gasteiger partial charge in [0.1, 0.15) is 11.7 Å². The molecule has 0 saturated carbocycles. The van der Waals surface area contributed by atoms with Crippen LogP contribution in [-0.4, -0.2) is 27.3 Å². The Hall–Kier alpha value is -2.53. The minimum atomic E-state index is 0.112. The van der Waals surface area contributed by atoms with Crippen LogP contribution in [0, 0.1) is 0 Å². The molecule has 0 aliphatic carbocycles. The summed E-state index contributed by atoms with van der Waals surface area (Å²) < 4.78 is 0. The zero-order valence-electron chi connectivity index (χ0n) is 20.5. The second-order valence-corrected chi connectivity index (χ2v) is 10.1. The fourth-order valence-electron chi connectivity index (χ4n) is 3.71. The highest BCUT2D eigenvalue weighted by atomic mass is 32.2. The van der Waals surface area contributed by atoms with Gasteiger partial charge in [-0.25, -0.2) is 9.98 Å². The zero-order valence-corrected chi connectivity index (χ0v) is 21.3. The average Bonchev–Trinajstić information content (AvgIpc) is 3.45. The van der Waals surface area contributed by atoms with Crippen LogP contribution in [0.25, 0.3) is 11.0 Å². The average molecular weight is 463 g/mol. The molecule has 33 heavy (non-hydrogen) atoms. The van der Waals surface area contributed by atoms with Crippen LogP contribution >= 0.6 is 11.8 Å². The van der Waals surface area contributed by atoms with Crippen molar-refractivity contribution < 1.29 is 0 Å². The van der Waals surface area contributed by atoms with Crippen LogP contribution < -0.4 is 5.32 Å². The third kappa shape index (κ3) is 8.73. The number of fused-ring (bicyclic) bond motifs is 1. The summed E-state index contributed by atoms with van der Waals surface area (Å²) in [7, 11) is 0. The monoisotopic (exact) mass is 462 g/mol. The lowest BCUT2D eigenvalue weighted by atomic mass is 10.1. The van der Waals surface area contributed by atoms with E-state index in [-0.39, 0.29) is 6.04 Å². The number of amidine groups is 1. The maximum atomic E-state index is 4.82. The first-order valence-corrected chi connectivity index (χ1v) is 13.1. The topological polar surface area (TPSA) is 53.1 Å². The maximum Gasteiger partial charge on any atom is 0.130 e.